The van der Waals surface area contributed by atoms with E-state index in [-0.39, 0.29) is 38.0 Å². The molecule has 0 aliphatic carbocycles. The summed E-state index contributed by atoms with van der Waals surface area (Å²) in [6.07, 6.45) is 2.69. The van der Waals surface area contributed by atoms with Gasteiger partial charge in [0.1, 0.15) is 40.8 Å². The number of benzene rings is 3. The Bertz CT molecular complexity index is 2560. The van der Waals surface area contributed by atoms with Crippen LogP contribution in [0.2, 0.25) is 5.02 Å². The van der Waals surface area contributed by atoms with E-state index in [9.17, 15) is 9.59 Å². The minimum Gasteiger partial charge on any atom is -0.491 e. The molecule has 5 heterocycles. The number of ether oxygens (including phenoxy) is 4. The van der Waals surface area contributed by atoms with Gasteiger partial charge in [0.15, 0.2) is 5.82 Å². The van der Waals surface area contributed by atoms with Crippen molar-refractivity contribution in [2.45, 2.75) is 46.1 Å². The van der Waals surface area contributed by atoms with Gasteiger partial charge in [-0.3, -0.25) is 19.1 Å². The van der Waals surface area contributed by atoms with Crippen molar-refractivity contribution in [3.8, 4) is 21.9 Å². The van der Waals surface area contributed by atoms with Gasteiger partial charge in [0.05, 0.1) is 51.8 Å². The second-order valence-electron chi connectivity index (χ2n) is 15.1. The number of Topliss-reactive ketones (excluding diaryl/α,β-unsaturated/α-hetero) is 1. The number of anilines is 2. The highest BCUT2D eigenvalue weighted by Crippen LogP contribution is 2.40. The van der Waals surface area contributed by atoms with Crippen LogP contribution < -0.4 is 15.4 Å². The molecule has 3 aromatic heterocycles. The summed E-state index contributed by atoms with van der Waals surface area (Å²) >= 11 is 7.94. The smallest absolute Gasteiger partial charge is 0.228 e. The van der Waals surface area contributed by atoms with Gasteiger partial charge in [-0.1, -0.05) is 48.0 Å². The van der Waals surface area contributed by atoms with Crippen molar-refractivity contribution in [1.82, 2.24) is 19.7 Å². The van der Waals surface area contributed by atoms with Gasteiger partial charge in [-0.25, -0.2) is 4.98 Å². The Hall–Kier alpha value is -5.42. The Labute approximate surface area is 382 Å². The third-order valence-electron chi connectivity index (χ3n) is 10.7. The van der Waals surface area contributed by atoms with Crippen LogP contribution in [0.1, 0.15) is 56.8 Å². The number of fused-ring (bicyclic) bond motifs is 4. The minimum absolute atomic E-state index is 0. The molecular weight excluding hydrogens is 858 g/mol. The molecule has 328 valence electrons. The zero-order valence-electron chi connectivity index (χ0n) is 35.4. The molecule has 1 amide bonds. The van der Waals surface area contributed by atoms with Gasteiger partial charge in [0.25, 0.3) is 0 Å². The second kappa shape index (κ2) is 21.3. The molecule has 0 spiro atoms. The predicted octanol–water partition coefficient (Wildman–Crippen LogP) is 8.21. The summed E-state index contributed by atoms with van der Waals surface area (Å²) in [5, 5.41) is 16.8. The van der Waals surface area contributed by atoms with E-state index < -0.39 is 6.04 Å². The summed E-state index contributed by atoms with van der Waals surface area (Å²) in [4.78, 5) is 36.2. The van der Waals surface area contributed by atoms with Crippen LogP contribution in [0.4, 0.5) is 11.5 Å². The van der Waals surface area contributed by atoms with E-state index in [1.54, 1.807) is 11.3 Å². The molecule has 6 aromatic rings. The number of nitrogens with one attached hydrogen (secondary N) is 2. The summed E-state index contributed by atoms with van der Waals surface area (Å²) in [6, 6.07) is 24.7. The fourth-order valence-electron chi connectivity index (χ4n) is 7.43. The van der Waals surface area contributed by atoms with E-state index in [4.69, 9.17) is 35.5 Å². The maximum atomic E-state index is 13.6. The van der Waals surface area contributed by atoms with Crippen molar-refractivity contribution < 1.29 is 28.5 Å². The number of nitrogens with zero attached hydrogens (tertiary/aromatic N) is 5. The van der Waals surface area contributed by atoms with Crippen LogP contribution in [-0.4, -0.2) is 89.9 Å². The van der Waals surface area contributed by atoms with Gasteiger partial charge < -0.3 is 29.6 Å². The monoisotopic (exact) mass is 907 g/mol. The number of carbonyl (C=O) groups excluding carboxylic acids is 2. The van der Waals surface area contributed by atoms with E-state index in [1.165, 1.54) is 4.88 Å². The number of amides is 1. The first kappa shape index (κ1) is 45.6. The summed E-state index contributed by atoms with van der Waals surface area (Å²) in [6.45, 7) is 9.95. The Morgan fingerprint density at radius 3 is 2.29 bits per heavy atom. The molecule has 2 aliphatic rings. The Balaban J connectivity index is 0.00000595. The lowest BCUT2D eigenvalue weighted by atomic mass is 9.99. The zero-order valence-corrected chi connectivity index (χ0v) is 38.0. The predicted molar refractivity (Wildman–Crippen MR) is 252 cm³/mol. The molecule has 1 atom stereocenters. The number of rotatable bonds is 20. The normalized spacial score (nSPS) is 13.9. The maximum Gasteiger partial charge on any atom is 0.228 e. The van der Waals surface area contributed by atoms with Gasteiger partial charge in [0.2, 0.25) is 5.91 Å². The molecule has 63 heavy (non-hydrogen) atoms. The average Bonchev–Trinajstić information content (AvgIpc) is 3.91. The van der Waals surface area contributed by atoms with Crippen molar-refractivity contribution in [3.63, 3.8) is 0 Å². The molecule has 8 rings (SSSR count). The third kappa shape index (κ3) is 11.2. The summed E-state index contributed by atoms with van der Waals surface area (Å²) < 4.78 is 24.9. The molecule has 3 aromatic carbocycles. The quantitative estimate of drug-likeness (QED) is 0.0718. The Morgan fingerprint density at radius 1 is 0.857 bits per heavy atom. The van der Waals surface area contributed by atoms with Gasteiger partial charge in [-0.2, -0.15) is 13.5 Å². The number of halogens is 1. The van der Waals surface area contributed by atoms with Crippen molar-refractivity contribution in [3.05, 3.63) is 134 Å². The molecule has 0 saturated carbocycles. The van der Waals surface area contributed by atoms with Crippen molar-refractivity contribution >= 4 is 65.3 Å². The van der Waals surface area contributed by atoms with Crippen molar-refractivity contribution in [2.75, 3.05) is 63.4 Å². The van der Waals surface area contributed by atoms with Crippen LogP contribution >= 0.6 is 36.4 Å². The van der Waals surface area contributed by atoms with E-state index in [0.29, 0.717) is 75.8 Å². The molecule has 0 bridgehead atoms. The van der Waals surface area contributed by atoms with Crippen molar-refractivity contribution in [2.24, 2.45) is 4.99 Å². The van der Waals surface area contributed by atoms with E-state index >= 15 is 0 Å². The van der Waals surface area contributed by atoms with Crippen LogP contribution in [0.3, 0.4) is 0 Å². The number of aryl methyl sites for hydroxylation is 2. The van der Waals surface area contributed by atoms with Crippen LogP contribution in [0.25, 0.3) is 16.1 Å². The van der Waals surface area contributed by atoms with E-state index in [1.807, 2.05) is 92.0 Å². The lowest BCUT2D eigenvalue weighted by molar-refractivity contribution is -0.119. The number of thiophene rings is 1. The van der Waals surface area contributed by atoms with Crippen LogP contribution in [-0.2, 0) is 36.6 Å². The number of aliphatic imine (C=N–C) groups is 1. The van der Waals surface area contributed by atoms with Gasteiger partial charge in [-0.15, -0.1) is 21.5 Å². The first-order chi connectivity index (χ1) is 30.2. The average molecular weight is 909 g/mol. The highest BCUT2D eigenvalue weighted by molar-refractivity contribution is 7.59. The van der Waals surface area contributed by atoms with Crippen LogP contribution in [0.5, 0.6) is 5.75 Å². The van der Waals surface area contributed by atoms with Gasteiger partial charge in [-0.05, 0) is 85.5 Å². The number of hydrogen-bond donors (Lipinski definition) is 2. The minimum atomic E-state index is -0.506. The first-order valence-corrected chi connectivity index (χ1v) is 21.9. The summed E-state index contributed by atoms with van der Waals surface area (Å²) in [5.74, 6) is 2.97. The second-order valence-corrected chi connectivity index (χ2v) is 16.7. The molecule has 0 radical (unpaired) electrons. The zero-order chi connectivity index (χ0) is 43.0. The molecule has 0 saturated heterocycles. The third-order valence-corrected chi connectivity index (χ3v) is 12.2. The largest absolute Gasteiger partial charge is 0.491 e. The van der Waals surface area contributed by atoms with Gasteiger partial charge >= 0.3 is 0 Å². The number of carbonyl (C=O) groups is 2. The number of hydrogen-bond acceptors (Lipinski definition) is 12. The molecule has 16 heteroatoms. The lowest BCUT2D eigenvalue weighted by Gasteiger charge is -2.13. The van der Waals surface area contributed by atoms with Crippen LogP contribution in [0.15, 0.2) is 90.1 Å². The maximum absolute atomic E-state index is 13.6. The molecule has 13 nitrogen and oxygen atoms in total. The number of aromatic nitrogens is 4. The molecule has 0 unspecified atom stereocenters. The lowest BCUT2D eigenvalue weighted by Crippen LogP contribution is -2.15. The molecular formula is C47H50ClN7O6S2. The topological polar surface area (TPSA) is 151 Å². The number of pyridine rings is 1. The summed E-state index contributed by atoms with van der Waals surface area (Å²) in [5.41, 5.74) is 8.73. The first-order valence-electron chi connectivity index (χ1n) is 20.7. The highest BCUT2D eigenvalue weighted by Gasteiger charge is 2.32. The highest BCUT2D eigenvalue weighted by atomic mass is 35.5. The SMILES string of the molecule is Cc1sc2c(c1C)C(c1ccc(Cl)cc1)=N[C@@H](CC(=O)Cc1ccc(OCCOCCOCCOCCNc3ccc(-c4ccc5c(c4)NC(=O)C5)cn3)cc1)c1nnc(C)n1-2.S. The fourth-order valence-corrected chi connectivity index (χ4v) is 8.77. The number of ketones is 1. The molecule has 0 fully saturated rings. The Kier molecular flexibility index (Phi) is 15.4. The van der Waals surface area contributed by atoms with Crippen LogP contribution in [0, 0.1) is 20.8 Å². The van der Waals surface area contributed by atoms with E-state index in [0.717, 1.165) is 67.0 Å². The fraction of sp³-hybridized carbons (Fsp3) is 0.319. The van der Waals surface area contributed by atoms with Gasteiger partial charge in [0, 0.05) is 57.9 Å². The van der Waals surface area contributed by atoms with Crippen molar-refractivity contribution in [1.29, 1.82) is 0 Å². The summed E-state index contributed by atoms with van der Waals surface area (Å²) in [7, 11) is 0. The molecule has 2 aliphatic heterocycles. The van der Waals surface area contributed by atoms with E-state index in [2.05, 4.69) is 44.2 Å². The Morgan fingerprint density at radius 2 is 1.56 bits per heavy atom. The standard InChI is InChI=1S/C47H48ClN7O6S.H2S/c1-29-30(2)62-47-44(29)45(33-8-11-37(48)12-9-33)52-41(46-54-53-31(3)55(46)47)27-38(56)24-32-4-13-39(14-5-32)61-23-22-60-21-20-59-19-18-58-17-16-49-42-15-10-36(28-50-42)34-6-7-35-26-43(57)51-40(35)25-34;/h4-15,25,28,41H,16-24,26-27H2,1-3H3,(H,49,50)(H,51,57);1H2/t41-;/m0./s1. The molecule has 2 N–H and O–H groups in total.